The van der Waals surface area contributed by atoms with E-state index in [1.165, 1.54) is 12.1 Å². The predicted molar refractivity (Wildman–Crippen MR) is 81.9 cm³/mol. The zero-order valence-corrected chi connectivity index (χ0v) is 12.5. The molecule has 0 spiro atoms. The summed E-state index contributed by atoms with van der Waals surface area (Å²) >= 11 is 0. The van der Waals surface area contributed by atoms with Crippen LogP contribution in [0.15, 0.2) is 47.5 Å². The third-order valence-electron chi connectivity index (χ3n) is 3.13. The Labute approximate surface area is 124 Å². The summed E-state index contributed by atoms with van der Waals surface area (Å²) in [6, 6.07) is 9.99. The smallest absolute Gasteiger partial charge is 0.240 e. The summed E-state index contributed by atoms with van der Waals surface area (Å²) in [6.45, 7) is 2.18. The van der Waals surface area contributed by atoms with Gasteiger partial charge in [-0.1, -0.05) is 13.0 Å². The first-order valence-electron chi connectivity index (χ1n) is 6.56. The summed E-state index contributed by atoms with van der Waals surface area (Å²) in [7, 11) is -3.57. The predicted octanol–water partition coefficient (Wildman–Crippen LogP) is 1.41. The number of pyridine rings is 1. The van der Waals surface area contributed by atoms with Crippen LogP contribution in [-0.4, -0.2) is 13.4 Å². The lowest BCUT2D eigenvalue weighted by atomic mass is 10.1. The van der Waals surface area contributed by atoms with Gasteiger partial charge in [-0.3, -0.25) is 10.8 Å². The molecule has 4 N–H and O–H groups in total. The van der Waals surface area contributed by atoms with E-state index in [2.05, 4.69) is 15.1 Å². The minimum atomic E-state index is -3.57. The highest BCUT2D eigenvalue weighted by molar-refractivity contribution is 7.89. The summed E-state index contributed by atoms with van der Waals surface area (Å²) in [4.78, 5) is 4.41. The highest BCUT2D eigenvalue weighted by Crippen LogP contribution is 2.14. The molecule has 2 aromatic rings. The van der Waals surface area contributed by atoms with Crippen LogP contribution >= 0.6 is 0 Å². The van der Waals surface area contributed by atoms with Gasteiger partial charge in [0.15, 0.2) is 0 Å². The molecule has 0 amide bonds. The van der Waals surface area contributed by atoms with E-state index in [4.69, 9.17) is 5.84 Å². The fourth-order valence-electron chi connectivity index (χ4n) is 1.93. The molecular formula is C14H18N4O2S. The van der Waals surface area contributed by atoms with Crippen molar-refractivity contribution in [2.75, 3.05) is 5.43 Å². The number of sulfonamides is 1. The van der Waals surface area contributed by atoms with Gasteiger partial charge in [-0.15, -0.1) is 0 Å². The zero-order chi connectivity index (χ0) is 15.3. The number of nitrogens with two attached hydrogens (primary N) is 1. The van der Waals surface area contributed by atoms with E-state index in [1.54, 1.807) is 18.3 Å². The van der Waals surface area contributed by atoms with Crippen molar-refractivity contribution in [3.8, 4) is 0 Å². The largest absolute Gasteiger partial charge is 0.324 e. The van der Waals surface area contributed by atoms with Gasteiger partial charge in [-0.05, 0) is 42.3 Å². The third-order valence-corrected chi connectivity index (χ3v) is 4.54. The standard InChI is InChI=1S/C14H18N4O2S/c1-2-11-4-3-9-16-14(11)10-17-21(19,20)13-7-5-12(18-15)6-8-13/h3-9,17-18H,2,10,15H2,1H3. The van der Waals surface area contributed by atoms with Crippen molar-refractivity contribution in [3.05, 3.63) is 53.9 Å². The first-order chi connectivity index (χ1) is 10.1. The Bertz CT molecular complexity index is 699. The highest BCUT2D eigenvalue weighted by atomic mass is 32.2. The summed E-state index contributed by atoms with van der Waals surface area (Å²) in [5.74, 6) is 5.25. The summed E-state index contributed by atoms with van der Waals surface area (Å²) in [5, 5.41) is 0. The van der Waals surface area contributed by atoms with Crippen molar-refractivity contribution in [1.29, 1.82) is 0 Å². The van der Waals surface area contributed by atoms with Crippen LogP contribution in [0.1, 0.15) is 18.2 Å². The van der Waals surface area contributed by atoms with Gasteiger partial charge in [0.05, 0.1) is 17.1 Å². The van der Waals surface area contributed by atoms with Gasteiger partial charge < -0.3 is 5.43 Å². The van der Waals surface area contributed by atoms with E-state index in [0.29, 0.717) is 5.69 Å². The van der Waals surface area contributed by atoms with Crippen molar-refractivity contribution >= 4 is 15.7 Å². The summed E-state index contributed by atoms with van der Waals surface area (Å²) in [5.41, 5.74) is 4.87. The molecule has 21 heavy (non-hydrogen) atoms. The zero-order valence-electron chi connectivity index (χ0n) is 11.7. The van der Waals surface area contributed by atoms with Gasteiger partial charge in [-0.25, -0.2) is 13.1 Å². The molecule has 0 fully saturated rings. The minimum absolute atomic E-state index is 0.170. The Morgan fingerprint density at radius 1 is 1.19 bits per heavy atom. The van der Waals surface area contributed by atoms with Gasteiger partial charge in [-0.2, -0.15) is 0 Å². The Balaban J connectivity index is 2.13. The van der Waals surface area contributed by atoms with Crippen LogP contribution < -0.4 is 16.0 Å². The number of benzene rings is 1. The van der Waals surface area contributed by atoms with Crippen molar-refractivity contribution < 1.29 is 8.42 Å². The number of hydrogen-bond donors (Lipinski definition) is 3. The number of rotatable bonds is 6. The first kappa shape index (κ1) is 15.4. The van der Waals surface area contributed by atoms with Crippen LogP contribution in [0.5, 0.6) is 0 Å². The van der Waals surface area contributed by atoms with E-state index in [9.17, 15) is 8.42 Å². The molecule has 0 saturated heterocycles. The fourth-order valence-corrected chi connectivity index (χ4v) is 2.92. The van der Waals surface area contributed by atoms with Crippen LogP contribution in [0.3, 0.4) is 0 Å². The summed E-state index contributed by atoms with van der Waals surface area (Å²) in [6.07, 6.45) is 2.46. The summed E-state index contributed by atoms with van der Waals surface area (Å²) < 4.78 is 27.0. The number of anilines is 1. The SMILES string of the molecule is CCc1cccnc1CNS(=O)(=O)c1ccc(NN)cc1. The molecule has 0 aliphatic rings. The van der Waals surface area contributed by atoms with E-state index in [1.807, 2.05) is 19.1 Å². The van der Waals surface area contributed by atoms with Gasteiger partial charge in [0, 0.05) is 11.9 Å². The number of hydrogen-bond acceptors (Lipinski definition) is 5. The molecule has 112 valence electrons. The van der Waals surface area contributed by atoms with E-state index >= 15 is 0 Å². The van der Waals surface area contributed by atoms with Crippen molar-refractivity contribution in [1.82, 2.24) is 9.71 Å². The van der Waals surface area contributed by atoms with Crippen molar-refractivity contribution in [3.63, 3.8) is 0 Å². The maximum Gasteiger partial charge on any atom is 0.240 e. The molecule has 0 saturated carbocycles. The number of hydrazine groups is 1. The second kappa shape index (κ2) is 6.66. The molecule has 0 bridgehead atoms. The molecule has 0 unspecified atom stereocenters. The molecule has 7 heteroatoms. The van der Waals surface area contributed by atoms with Gasteiger partial charge in [0.25, 0.3) is 0 Å². The van der Waals surface area contributed by atoms with Gasteiger partial charge in [0.1, 0.15) is 0 Å². The third kappa shape index (κ3) is 3.78. The van der Waals surface area contributed by atoms with Crippen LogP contribution in [0.2, 0.25) is 0 Å². The minimum Gasteiger partial charge on any atom is -0.324 e. The van der Waals surface area contributed by atoms with E-state index in [0.717, 1.165) is 17.7 Å². The van der Waals surface area contributed by atoms with Crippen LogP contribution in [0, 0.1) is 0 Å². The molecule has 2 rings (SSSR count). The molecule has 6 nitrogen and oxygen atoms in total. The monoisotopic (exact) mass is 306 g/mol. The number of nitrogens with one attached hydrogen (secondary N) is 2. The Hall–Kier alpha value is -1.96. The average molecular weight is 306 g/mol. The number of aryl methyl sites for hydroxylation is 1. The molecule has 1 aromatic carbocycles. The van der Waals surface area contributed by atoms with Gasteiger partial charge in [0.2, 0.25) is 10.0 Å². The second-order valence-corrected chi connectivity index (χ2v) is 6.22. The maximum absolute atomic E-state index is 12.2. The van der Waals surface area contributed by atoms with Crippen molar-refractivity contribution in [2.45, 2.75) is 24.8 Å². The van der Waals surface area contributed by atoms with Crippen LogP contribution in [0.4, 0.5) is 5.69 Å². The van der Waals surface area contributed by atoms with Crippen LogP contribution in [0.25, 0.3) is 0 Å². The van der Waals surface area contributed by atoms with Crippen molar-refractivity contribution in [2.24, 2.45) is 5.84 Å². The fraction of sp³-hybridized carbons (Fsp3) is 0.214. The normalized spacial score (nSPS) is 11.3. The Morgan fingerprint density at radius 3 is 2.52 bits per heavy atom. The van der Waals surface area contributed by atoms with E-state index in [-0.39, 0.29) is 11.4 Å². The molecule has 0 radical (unpaired) electrons. The quantitative estimate of drug-likeness (QED) is 0.554. The molecule has 0 aliphatic carbocycles. The first-order valence-corrected chi connectivity index (χ1v) is 8.04. The average Bonchev–Trinajstić information content (AvgIpc) is 2.53. The second-order valence-electron chi connectivity index (χ2n) is 4.46. The molecular weight excluding hydrogens is 288 g/mol. The Morgan fingerprint density at radius 2 is 1.90 bits per heavy atom. The lowest BCUT2D eigenvalue weighted by molar-refractivity contribution is 0.580. The highest BCUT2D eigenvalue weighted by Gasteiger charge is 2.14. The van der Waals surface area contributed by atoms with E-state index < -0.39 is 10.0 Å². The molecule has 1 heterocycles. The lowest BCUT2D eigenvalue weighted by Gasteiger charge is -2.09. The maximum atomic E-state index is 12.2. The molecule has 1 aromatic heterocycles. The number of aromatic nitrogens is 1. The number of nitrogen functional groups attached to an aromatic ring is 1. The molecule has 0 aliphatic heterocycles. The van der Waals surface area contributed by atoms with Gasteiger partial charge >= 0.3 is 0 Å². The lowest BCUT2D eigenvalue weighted by Crippen LogP contribution is -2.24. The van der Waals surface area contributed by atoms with Crippen LogP contribution in [-0.2, 0) is 23.0 Å². The molecule has 0 atom stereocenters. The Kier molecular flexibility index (Phi) is 4.89. The topological polar surface area (TPSA) is 97.1 Å². The number of nitrogens with zero attached hydrogens (tertiary/aromatic N) is 1.